The average molecular weight is 135 g/mol. The molecule has 1 N–H and O–H groups in total. The summed E-state index contributed by atoms with van der Waals surface area (Å²) >= 11 is 0. The fourth-order valence-electron chi connectivity index (χ4n) is 0.701. The van der Waals surface area contributed by atoms with E-state index in [0.29, 0.717) is 0 Å². The molecule has 0 bridgehead atoms. The van der Waals surface area contributed by atoms with Gasteiger partial charge in [0, 0.05) is 12.2 Å². The molecule has 1 atom stereocenters. The first-order chi connectivity index (χ1) is 4.79. The van der Waals surface area contributed by atoms with Crippen LogP contribution in [0.5, 0.6) is 0 Å². The van der Waals surface area contributed by atoms with Gasteiger partial charge in [-0.05, 0) is 26.0 Å². The average Bonchev–Trinajstić information content (AvgIpc) is 1.88. The van der Waals surface area contributed by atoms with Crippen molar-refractivity contribution in [1.29, 1.82) is 0 Å². The normalized spacial score (nSPS) is 9.90. The van der Waals surface area contributed by atoms with Crippen molar-refractivity contribution in [3.63, 3.8) is 0 Å². The quantitative estimate of drug-likeness (QED) is 0.667. The highest BCUT2D eigenvalue weighted by molar-refractivity contribution is 5.34. The Hall–Kier alpha value is -1.05. The van der Waals surface area contributed by atoms with E-state index in [9.17, 15) is 0 Å². The summed E-state index contributed by atoms with van der Waals surface area (Å²) in [6.45, 7) is 5.76. The predicted molar refractivity (Wildman–Crippen MR) is 42.7 cm³/mol. The van der Waals surface area contributed by atoms with Crippen molar-refractivity contribution in [2.75, 3.05) is 5.32 Å². The van der Waals surface area contributed by atoms with Crippen molar-refractivity contribution >= 4 is 5.82 Å². The van der Waals surface area contributed by atoms with E-state index in [1.165, 1.54) is 0 Å². The van der Waals surface area contributed by atoms with Gasteiger partial charge in [0.05, 0.1) is 0 Å². The van der Waals surface area contributed by atoms with E-state index in [1.807, 2.05) is 25.1 Å². The van der Waals surface area contributed by atoms with Crippen LogP contribution in [0.4, 0.5) is 5.82 Å². The van der Waals surface area contributed by atoms with E-state index in [2.05, 4.69) is 17.2 Å². The Morgan fingerprint density at radius 3 is 2.90 bits per heavy atom. The van der Waals surface area contributed by atoms with E-state index >= 15 is 0 Å². The molecule has 1 rings (SSSR count). The maximum atomic E-state index is 4.07. The number of nitrogens with one attached hydrogen (secondary N) is 1. The Kier molecular flexibility index (Phi) is 2.26. The van der Waals surface area contributed by atoms with Crippen LogP contribution in [-0.2, 0) is 0 Å². The lowest BCUT2D eigenvalue weighted by Crippen LogP contribution is -2.10. The number of hydrogen-bond donors (Lipinski definition) is 1. The van der Waals surface area contributed by atoms with Crippen LogP contribution in [0, 0.1) is 6.92 Å². The van der Waals surface area contributed by atoms with Gasteiger partial charge in [-0.3, -0.25) is 0 Å². The Labute approximate surface area is 61.3 Å². The first-order valence-electron chi connectivity index (χ1n) is 3.29. The smallest absolute Gasteiger partial charge is 0.126 e. The van der Waals surface area contributed by atoms with Crippen molar-refractivity contribution < 1.29 is 0 Å². The maximum Gasteiger partial charge on any atom is 0.126 e. The largest absolute Gasteiger partial charge is 0.368 e. The fourth-order valence-corrected chi connectivity index (χ4v) is 0.701. The molecule has 0 aliphatic rings. The van der Waals surface area contributed by atoms with E-state index < -0.39 is 0 Å². The molecule has 10 heavy (non-hydrogen) atoms. The van der Waals surface area contributed by atoms with E-state index in [4.69, 9.17) is 0 Å². The molecule has 0 saturated heterocycles. The molecule has 0 aliphatic heterocycles. The van der Waals surface area contributed by atoms with Gasteiger partial charge in [-0.25, -0.2) is 4.98 Å². The van der Waals surface area contributed by atoms with Crippen molar-refractivity contribution in [2.24, 2.45) is 0 Å². The zero-order chi connectivity index (χ0) is 7.40. The molecule has 0 spiro atoms. The van der Waals surface area contributed by atoms with Gasteiger partial charge in [0.1, 0.15) is 5.82 Å². The van der Waals surface area contributed by atoms with Gasteiger partial charge >= 0.3 is 0 Å². The van der Waals surface area contributed by atoms with Crippen LogP contribution in [0.2, 0.25) is 0 Å². The third kappa shape index (κ3) is 2.05. The molecule has 0 amide bonds. The Morgan fingerprint density at radius 2 is 2.40 bits per heavy atom. The van der Waals surface area contributed by atoms with E-state index in [1.54, 1.807) is 6.20 Å². The first kappa shape index (κ1) is 7.06. The molecule has 0 aliphatic carbocycles. The van der Waals surface area contributed by atoms with Crippen LogP contribution in [0.1, 0.15) is 6.92 Å². The van der Waals surface area contributed by atoms with Gasteiger partial charge in [-0.15, -0.1) is 0 Å². The van der Waals surface area contributed by atoms with Gasteiger partial charge in [0.15, 0.2) is 0 Å². The van der Waals surface area contributed by atoms with Crippen LogP contribution in [0.3, 0.4) is 0 Å². The Balaban J connectivity index is 2.59. The minimum absolute atomic E-state index is 0.204. The minimum atomic E-state index is 0.204. The third-order valence-electron chi connectivity index (χ3n) is 1.06. The summed E-state index contributed by atoms with van der Waals surface area (Å²) in [7, 11) is 0. The van der Waals surface area contributed by atoms with Crippen molar-refractivity contribution in [2.45, 2.75) is 13.0 Å². The van der Waals surface area contributed by atoms with Crippen LogP contribution < -0.4 is 5.32 Å². The summed E-state index contributed by atoms with van der Waals surface area (Å²) in [5.74, 6) is 0.880. The summed E-state index contributed by atoms with van der Waals surface area (Å²) in [6.07, 6.45) is 1.75. The summed E-state index contributed by atoms with van der Waals surface area (Å²) in [5.41, 5.74) is 0. The molecule has 0 aromatic carbocycles. The summed E-state index contributed by atoms with van der Waals surface area (Å²) in [6, 6.07) is 5.95. The molecule has 2 heteroatoms. The SMILES string of the molecule is [CH2][C@H](C)Nc1ccccn1. The second-order valence-electron chi connectivity index (χ2n) is 2.26. The van der Waals surface area contributed by atoms with Crippen LogP contribution in [0.25, 0.3) is 0 Å². The minimum Gasteiger partial charge on any atom is -0.368 e. The molecular weight excluding hydrogens is 124 g/mol. The zero-order valence-corrected chi connectivity index (χ0v) is 6.04. The summed E-state index contributed by atoms with van der Waals surface area (Å²) < 4.78 is 0. The summed E-state index contributed by atoms with van der Waals surface area (Å²) in [4.78, 5) is 4.07. The first-order valence-corrected chi connectivity index (χ1v) is 3.29. The molecule has 0 fully saturated rings. The van der Waals surface area contributed by atoms with Gasteiger partial charge < -0.3 is 5.32 Å². The monoisotopic (exact) mass is 135 g/mol. The Morgan fingerprint density at radius 1 is 1.60 bits per heavy atom. The molecule has 1 heterocycles. The summed E-state index contributed by atoms with van der Waals surface area (Å²) in [5, 5.41) is 3.08. The molecule has 1 radical (unpaired) electrons. The number of anilines is 1. The lowest BCUT2D eigenvalue weighted by Gasteiger charge is -2.06. The highest BCUT2D eigenvalue weighted by Crippen LogP contribution is 2.00. The number of hydrogen-bond acceptors (Lipinski definition) is 2. The standard InChI is InChI=1S/C8H11N2/c1-7(2)10-8-5-3-4-6-9-8/h3-7H,1H2,2H3,(H,9,10)/t7-/m1/s1. The van der Waals surface area contributed by atoms with Gasteiger partial charge in [-0.1, -0.05) is 6.07 Å². The Bertz CT molecular complexity index is 182. The van der Waals surface area contributed by atoms with Gasteiger partial charge in [0.2, 0.25) is 0 Å². The van der Waals surface area contributed by atoms with Gasteiger partial charge in [-0.2, -0.15) is 0 Å². The second kappa shape index (κ2) is 3.20. The third-order valence-corrected chi connectivity index (χ3v) is 1.06. The van der Waals surface area contributed by atoms with Crippen LogP contribution in [0.15, 0.2) is 24.4 Å². The molecule has 53 valence electrons. The van der Waals surface area contributed by atoms with E-state index in [0.717, 1.165) is 5.82 Å². The topological polar surface area (TPSA) is 24.9 Å². The lowest BCUT2D eigenvalue weighted by molar-refractivity contribution is 0.978. The number of rotatable bonds is 2. The van der Waals surface area contributed by atoms with Crippen LogP contribution >= 0.6 is 0 Å². The van der Waals surface area contributed by atoms with Crippen molar-refractivity contribution in [1.82, 2.24) is 4.98 Å². The van der Waals surface area contributed by atoms with Crippen molar-refractivity contribution in [3.05, 3.63) is 31.3 Å². The lowest BCUT2D eigenvalue weighted by atomic mass is 10.4. The molecule has 0 saturated carbocycles. The highest BCUT2D eigenvalue weighted by Gasteiger charge is 1.92. The molecule has 0 unspecified atom stereocenters. The number of nitrogens with zero attached hydrogens (tertiary/aromatic N) is 1. The molecule has 1 aromatic heterocycles. The fraction of sp³-hybridized carbons (Fsp3) is 0.250. The predicted octanol–water partition coefficient (Wildman–Crippen LogP) is 1.72. The number of aromatic nitrogens is 1. The van der Waals surface area contributed by atoms with E-state index in [-0.39, 0.29) is 6.04 Å². The molecular formula is C8H11N2. The number of pyridine rings is 1. The van der Waals surface area contributed by atoms with Crippen molar-refractivity contribution in [3.8, 4) is 0 Å². The van der Waals surface area contributed by atoms with Crippen LogP contribution in [-0.4, -0.2) is 11.0 Å². The zero-order valence-electron chi connectivity index (χ0n) is 6.04. The van der Waals surface area contributed by atoms with Gasteiger partial charge in [0.25, 0.3) is 0 Å². The highest BCUT2D eigenvalue weighted by atomic mass is 15.0. The molecule has 1 aromatic rings. The second-order valence-corrected chi connectivity index (χ2v) is 2.26. The maximum absolute atomic E-state index is 4.07. The molecule has 2 nitrogen and oxygen atoms in total.